The number of H-pyrrole nitrogens is 1. The number of nitrogens with zero attached hydrogens (tertiary/aromatic N) is 1. The molecule has 0 aliphatic carbocycles. The van der Waals surface area contributed by atoms with Crippen LogP contribution in [0.1, 0.15) is 6.92 Å². The topological polar surface area (TPSA) is 64.2 Å². The van der Waals surface area contributed by atoms with Gasteiger partial charge in [-0.3, -0.25) is 0 Å². The third-order valence-corrected chi connectivity index (χ3v) is 1.14. The summed E-state index contributed by atoms with van der Waals surface area (Å²) in [7, 11) is 0. The molecule has 1 saturated heterocycles. The third-order valence-electron chi connectivity index (χ3n) is 1.14. The predicted molar refractivity (Wildman–Crippen MR) is 40.5 cm³/mol. The van der Waals surface area contributed by atoms with E-state index in [4.69, 9.17) is 0 Å². The van der Waals surface area contributed by atoms with Crippen LogP contribution in [0.4, 0.5) is 4.79 Å². The van der Waals surface area contributed by atoms with Gasteiger partial charge in [0.2, 0.25) is 0 Å². The van der Waals surface area contributed by atoms with Gasteiger partial charge in [0.05, 0.1) is 6.33 Å². The van der Waals surface area contributed by atoms with E-state index in [2.05, 4.69) is 19.4 Å². The lowest BCUT2D eigenvalue weighted by molar-refractivity contribution is 0.121. The maximum Gasteiger partial charge on any atom is 0.508 e. The van der Waals surface area contributed by atoms with E-state index in [1.807, 2.05) is 0 Å². The lowest BCUT2D eigenvalue weighted by Crippen LogP contribution is -2.01. The van der Waals surface area contributed by atoms with E-state index in [-0.39, 0.29) is 6.10 Å². The van der Waals surface area contributed by atoms with Gasteiger partial charge in [0, 0.05) is 12.4 Å². The molecule has 1 N–H and O–H groups in total. The van der Waals surface area contributed by atoms with Crippen LogP contribution in [0.3, 0.4) is 0 Å². The second-order valence-corrected chi connectivity index (χ2v) is 2.25. The van der Waals surface area contributed by atoms with Crippen LogP contribution in [-0.2, 0) is 9.47 Å². The van der Waals surface area contributed by atoms with Crippen molar-refractivity contribution in [3.8, 4) is 0 Å². The molecule has 1 unspecified atom stereocenters. The molecule has 0 spiro atoms. The normalized spacial score (nSPS) is 20.4. The number of carbonyl (C=O) groups excluding carboxylic acids is 1. The Morgan fingerprint density at radius 1 is 1.75 bits per heavy atom. The summed E-state index contributed by atoms with van der Waals surface area (Å²) in [5.74, 6) is 0. The van der Waals surface area contributed by atoms with Gasteiger partial charge in [-0.2, -0.15) is 0 Å². The monoisotopic (exact) mass is 170 g/mol. The second-order valence-electron chi connectivity index (χ2n) is 2.25. The van der Waals surface area contributed by atoms with E-state index < -0.39 is 6.16 Å². The molecule has 1 aromatic heterocycles. The second kappa shape index (κ2) is 4.38. The average Bonchev–Trinajstić information content (AvgIpc) is 2.63. The van der Waals surface area contributed by atoms with Crippen molar-refractivity contribution in [2.75, 3.05) is 6.61 Å². The highest BCUT2D eigenvalue weighted by Gasteiger charge is 2.19. The Labute approximate surface area is 69.7 Å². The minimum Gasteiger partial charge on any atom is -0.430 e. The first-order valence-corrected chi connectivity index (χ1v) is 3.55. The Morgan fingerprint density at radius 2 is 2.58 bits per heavy atom. The van der Waals surface area contributed by atoms with E-state index in [9.17, 15) is 4.79 Å². The number of aromatic amines is 1. The fourth-order valence-corrected chi connectivity index (χ4v) is 0.633. The fourth-order valence-electron chi connectivity index (χ4n) is 0.633. The van der Waals surface area contributed by atoms with Gasteiger partial charge in [0.25, 0.3) is 0 Å². The molecule has 2 heterocycles. The fraction of sp³-hybridized carbons (Fsp3) is 0.429. The lowest BCUT2D eigenvalue weighted by Gasteiger charge is -1.90. The quantitative estimate of drug-likeness (QED) is 0.589. The number of aromatic nitrogens is 2. The molecule has 1 aromatic rings. The van der Waals surface area contributed by atoms with Crippen LogP contribution in [0.15, 0.2) is 18.7 Å². The first kappa shape index (κ1) is 8.58. The number of ether oxygens (including phenoxy) is 2. The van der Waals surface area contributed by atoms with Crippen molar-refractivity contribution >= 4 is 6.16 Å². The molecule has 1 aliphatic heterocycles. The SMILES string of the molecule is CC1COC(=O)O1.c1c[nH]cn1. The summed E-state index contributed by atoms with van der Waals surface area (Å²) < 4.78 is 8.90. The van der Waals surface area contributed by atoms with E-state index >= 15 is 0 Å². The summed E-state index contributed by atoms with van der Waals surface area (Å²) in [6.07, 6.45) is 4.49. The molecule has 0 bridgehead atoms. The van der Waals surface area contributed by atoms with Gasteiger partial charge >= 0.3 is 6.16 Å². The minimum absolute atomic E-state index is 0.0486. The summed E-state index contributed by atoms with van der Waals surface area (Å²) in [5, 5.41) is 0. The van der Waals surface area contributed by atoms with E-state index in [1.54, 1.807) is 25.6 Å². The van der Waals surface area contributed by atoms with Crippen LogP contribution in [-0.4, -0.2) is 28.8 Å². The van der Waals surface area contributed by atoms with Crippen LogP contribution in [0.25, 0.3) is 0 Å². The van der Waals surface area contributed by atoms with Crippen molar-refractivity contribution in [3.05, 3.63) is 18.7 Å². The first-order valence-electron chi connectivity index (χ1n) is 3.55. The molecule has 0 saturated carbocycles. The molecule has 1 aliphatic rings. The largest absolute Gasteiger partial charge is 0.508 e. The minimum atomic E-state index is -0.549. The van der Waals surface area contributed by atoms with Gasteiger partial charge in [-0.25, -0.2) is 9.78 Å². The van der Waals surface area contributed by atoms with Crippen molar-refractivity contribution in [1.29, 1.82) is 0 Å². The van der Waals surface area contributed by atoms with Gasteiger partial charge in [0.1, 0.15) is 12.7 Å². The lowest BCUT2D eigenvalue weighted by atomic mass is 10.5. The van der Waals surface area contributed by atoms with Crippen LogP contribution < -0.4 is 0 Å². The zero-order valence-corrected chi connectivity index (χ0v) is 6.69. The van der Waals surface area contributed by atoms with Crippen LogP contribution in [0, 0.1) is 0 Å². The van der Waals surface area contributed by atoms with Crippen molar-refractivity contribution in [3.63, 3.8) is 0 Å². The Bertz CT molecular complexity index is 205. The summed E-state index contributed by atoms with van der Waals surface area (Å²) in [5.41, 5.74) is 0. The molecular formula is C7H10N2O3. The van der Waals surface area contributed by atoms with Crippen molar-refractivity contribution < 1.29 is 14.3 Å². The first-order chi connectivity index (χ1) is 5.79. The molecule has 0 amide bonds. The van der Waals surface area contributed by atoms with Gasteiger partial charge in [0.15, 0.2) is 0 Å². The predicted octanol–water partition coefficient (Wildman–Crippen LogP) is 0.951. The molecule has 5 heteroatoms. The highest BCUT2D eigenvalue weighted by atomic mass is 16.8. The average molecular weight is 170 g/mol. The third kappa shape index (κ3) is 3.05. The number of cyclic esters (lactones) is 2. The molecule has 5 nitrogen and oxygen atoms in total. The number of hydrogen-bond donors (Lipinski definition) is 1. The summed E-state index contributed by atoms with van der Waals surface area (Å²) in [6.45, 7) is 2.18. The van der Waals surface area contributed by atoms with Crippen LogP contribution in [0.2, 0.25) is 0 Å². The summed E-state index contributed by atoms with van der Waals surface area (Å²) >= 11 is 0. The van der Waals surface area contributed by atoms with Gasteiger partial charge in [-0.05, 0) is 6.92 Å². The maximum atomic E-state index is 10.0. The summed E-state index contributed by atoms with van der Waals surface area (Å²) in [6, 6.07) is 0. The highest BCUT2D eigenvalue weighted by molar-refractivity contribution is 5.61. The number of rotatable bonds is 0. The smallest absolute Gasteiger partial charge is 0.430 e. The molecule has 0 aromatic carbocycles. The van der Waals surface area contributed by atoms with Crippen molar-refractivity contribution in [1.82, 2.24) is 9.97 Å². The van der Waals surface area contributed by atoms with E-state index in [0.717, 1.165) is 0 Å². The molecule has 12 heavy (non-hydrogen) atoms. The van der Waals surface area contributed by atoms with Crippen LogP contribution in [0.5, 0.6) is 0 Å². The molecule has 1 fully saturated rings. The Morgan fingerprint density at radius 3 is 2.75 bits per heavy atom. The standard InChI is InChI=1S/C4H6O3.C3H4N2/c1-3-2-6-4(5)7-3;1-2-5-3-4-1/h3H,2H2,1H3;1-3H,(H,4,5). The van der Waals surface area contributed by atoms with Gasteiger partial charge in [-0.15, -0.1) is 0 Å². The molecular weight excluding hydrogens is 160 g/mol. The number of imidazole rings is 1. The maximum absolute atomic E-state index is 10.0. The number of carbonyl (C=O) groups is 1. The van der Waals surface area contributed by atoms with Crippen molar-refractivity contribution in [2.24, 2.45) is 0 Å². The highest BCUT2D eigenvalue weighted by Crippen LogP contribution is 2.02. The summed E-state index contributed by atoms with van der Waals surface area (Å²) in [4.78, 5) is 16.4. The number of nitrogens with one attached hydrogen (secondary N) is 1. The molecule has 1 atom stereocenters. The van der Waals surface area contributed by atoms with Gasteiger partial charge in [-0.1, -0.05) is 0 Å². The Hall–Kier alpha value is -1.52. The Balaban J connectivity index is 0.000000127. The zero-order valence-electron chi connectivity index (χ0n) is 6.69. The van der Waals surface area contributed by atoms with E-state index in [1.165, 1.54) is 0 Å². The number of hydrogen-bond acceptors (Lipinski definition) is 4. The molecule has 0 radical (unpaired) electrons. The van der Waals surface area contributed by atoms with E-state index in [0.29, 0.717) is 6.61 Å². The zero-order chi connectivity index (χ0) is 8.81. The molecule has 2 rings (SSSR count). The van der Waals surface area contributed by atoms with Crippen molar-refractivity contribution in [2.45, 2.75) is 13.0 Å². The van der Waals surface area contributed by atoms with Crippen LogP contribution >= 0.6 is 0 Å². The Kier molecular flexibility index (Phi) is 3.13. The molecule has 66 valence electrons. The van der Waals surface area contributed by atoms with Gasteiger partial charge < -0.3 is 14.5 Å².